The van der Waals surface area contributed by atoms with Gasteiger partial charge in [0, 0.05) is 32.7 Å². The predicted octanol–water partition coefficient (Wildman–Crippen LogP) is 2.30. The van der Waals surface area contributed by atoms with Crippen molar-refractivity contribution in [3.8, 4) is 11.8 Å². The van der Waals surface area contributed by atoms with Crippen LogP contribution in [0.3, 0.4) is 0 Å². The number of ether oxygens (including phenoxy) is 1. The molecule has 1 aliphatic heterocycles. The molecular formula is C18H24ClN3O2. The molecule has 1 aromatic rings. The standard InChI is InChI=1S/C18H23N3O2.ClH/c19-13-15-3-5-17(6-4-15)23-12-7-18(22)21-10-8-20(9-11-21)14-16-1-2-16;/h3-6,16H,1-2,7-12,14H2;1H. The third-order valence-electron chi connectivity index (χ3n) is 4.51. The molecule has 1 heterocycles. The van der Waals surface area contributed by atoms with Crippen LogP contribution in [-0.4, -0.2) is 55.0 Å². The van der Waals surface area contributed by atoms with Gasteiger partial charge in [-0.25, -0.2) is 0 Å². The molecule has 0 bridgehead atoms. The molecule has 5 nitrogen and oxygen atoms in total. The molecule has 1 amide bonds. The molecule has 1 saturated heterocycles. The Bertz CT molecular complexity index is 573. The van der Waals surface area contributed by atoms with E-state index in [1.165, 1.54) is 19.4 Å². The number of rotatable bonds is 6. The van der Waals surface area contributed by atoms with E-state index in [9.17, 15) is 4.79 Å². The summed E-state index contributed by atoms with van der Waals surface area (Å²) in [4.78, 5) is 16.6. The average molecular weight is 350 g/mol. The van der Waals surface area contributed by atoms with Crippen LogP contribution in [0.5, 0.6) is 5.75 Å². The molecule has 2 aliphatic rings. The highest BCUT2D eigenvalue weighted by atomic mass is 35.5. The SMILES string of the molecule is Cl.N#Cc1ccc(OCCC(=O)N2CCN(CC3CC3)CC2)cc1. The summed E-state index contributed by atoms with van der Waals surface area (Å²) in [5, 5.41) is 8.75. The van der Waals surface area contributed by atoms with Crippen LogP contribution in [0, 0.1) is 17.2 Å². The lowest BCUT2D eigenvalue weighted by Gasteiger charge is -2.34. The van der Waals surface area contributed by atoms with Crippen molar-refractivity contribution in [1.82, 2.24) is 9.80 Å². The van der Waals surface area contributed by atoms with Crippen molar-refractivity contribution in [2.24, 2.45) is 5.92 Å². The van der Waals surface area contributed by atoms with Crippen LogP contribution in [0.1, 0.15) is 24.8 Å². The van der Waals surface area contributed by atoms with Gasteiger partial charge in [-0.3, -0.25) is 9.69 Å². The molecule has 1 saturated carbocycles. The van der Waals surface area contributed by atoms with Crippen LogP contribution in [-0.2, 0) is 4.79 Å². The number of piperazine rings is 1. The molecule has 0 radical (unpaired) electrons. The van der Waals surface area contributed by atoms with Gasteiger partial charge in [-0.15, -0.1) is 12.4 Å². The van der Waals surface area contributed by atoms with Gasteiger partial charge >= 0.3 is 0 Å². The van der Waals surface area contributed by atoms with Crippen molar-refractivity contribution < 1.29 is 9.53 Å². The first-order valence-corrected chi connectivity index (χ1v) is 8.37. The van der Waals surface area contributed by atoms with Crippen LogP contribution >= 0.6 is 12.4 Å². The van der Waals surface area contributed by atoms with Crippen molar-refractivity contribution in [2.45, 2.75) is 19.3 Å². The summed E-state index contributed by atoms with van der Waals surface area (Å²) >= 11 is 0. The van der Waals surface area contributed by atoms with Gasteiger partial charge in [0.2, 0.25) is 5.91 Å². The second-order valence-corrected chi connectivity index (χ2v) is 6.36. The minimum Gasteiger partial charge on any atom is -0.493 e. The largest absolute Gasteiger partial charge is 0.493 e. The van der Waals surface area contributed by atoms with Gasteiger partial charge in [0.15, 0.2) is 0 Å². The van der Waals surface area contributed by atoms with Crippen molar-refractivity contribution in [1.29, 1.82) is 5.26 Å². The minimum absolute atomic E-state index is 0. The van der Waals surface area contributed by atoms with Crippen molar-refractivity contribution in [2.75, 3.05) is 39.3 Å². The second kappa shape index (κ2) is 8.91. The number of carbonyl (C=O) groups is 1. The maximum atomic E-state index is 12.2. The third-order valence-corrected chi connectivity index (χ3v) is 4.51. The molecule has 2 fully saturated rings. The average Bonchev–Trinajstić information content (AvgIpc) is 3.40. The van der Waals surface area contributed by atoms with Gasteiger partial charge in [-0.1, -0.05) is 0 Å². The molecule has 1 aromatic carbocycles. The quantitative estimate of drug-likeness (QED) is 0.790. The van der Waals surface area contributed by atoms with E-state index in [1.54, 1.807) is 24.3 Å². The maximum Gasteiger partial charge on any atom is 0.226 e. The molecule has 0 spiro atoms. The topological polar surface area (TPSA) is 56.6 Å². The Labute approximate surface area is 149 Å². The second-order valence-electron chi connectivity index (χ2n) is 6.36. The lowest BCUT2D eigenvalue weighted by molar-refractivity contribution is -0.133. The number of hydrogen-bond donors (Lipinski definition) is 0. The fourth-order valence-electron chi connectivity index (χ4n) is 2.89. The highest BCUT2D eigenvalue weighted by Crippen LogP contribution is 2.29. The first-order chi connectivity index (χ1) is 11.2. The summed E-state index contributed by atoms with van der Waals surface area (Å²) in [6.45, 7) is 5.26. The molecule has 6 heteroatoms. The van der Waals surface area contributed by atoms with Gasteiger partial charge in [0.1, 0.15) is 5.75 Å². The maximum absolute atomic E-state index is 12.2. The lowest BCUT2D eigenvalue weighted by atomic mass is 10.2. The number of carbonyl (C=O) groups excluding carboxylic acids is 1. The Morgan fingerprint density at radius 2 is 1.83 bits per heavy atom. The number of amides is 1. The zero-order valence-corrected chi connectivity index (χ0v) is 14.6. The van der Waals surface area contributed by atoms with E-state index < -0.39 is 0 Å². The molecule has 24 heavy (non-hydrogen) atoms. The summed E-state index contributed by atoms with van der Waals surface area (Å²) < 4.78 is 5.58. The fraction of sp³-hybridized carbons (Fsp3) is 0.556. The van der Waals surface area contributed by atoms with Crippen molar-refractivity contribution in [3.05, 3.63) is 29.8 Å². The van der Waals surface area contributed by atoms with Gasteiger partial charge in [-0.05, 0) is 43.0 Å². The monoisotopic (exact) mass is 349 g/mol. The van der Waals surface area contributed by atoms with Crippen LogP contribution in [0.2, 0.25) is 0 Å². The number of nitrogens with zero attached hydrogens (tertiary/aromatic N) is 3. The fourth-order valence-corrected chi connectivity index (χ4v) is 2.89. The van der Waals surface area contributed by atoms with Crippen LogP contribution in [0.4, 0.5) is 0 Å². The van der Waals surface area contributed by atoms with E-state index in [0.717, 1.165) is 32.1 Å². The van der Waals surface area contributed by atoms with E-state index in [2.05, 4.69) is 11.0 Å². The Kier molecular flexibility index (Phi) is 6.89. The molecule has 130 valence electrons. The molecule has 0 aromatic heterocycles. The summed E-state index contributed by atoms with van der Waals surface area (Å²) in [5.74, 6) is 1.79. The number of nitriles is 1. The van der Waals surface area contributed by atoms with E-state index in [-0.39, 0.29) is 18.3 Å². The highest BCUT2D eigenvalue weighted by Gasteiger charge is 2.27. The molecule has 0 unspecified atom stereocenters. The van der Waals surface area contributed by atoms with Gasteiger partial charge in [-0.2, -0.15) is 5.26 Å². The molecule has 0 N–H and O–H groups in total. The van der Waals surface area contributed by atoms with E-state index in [0.29, 0.717) is 24.3 Å². The summed E-state index contributed by atoms with van der Waals surface area (Å²) in [6, 6.07) is 9.03. The Hall–Kier alpha value is -1.77. The highest BCUT2D eigenvalue weighted by molar-refractivity contribution is 5.85. The molecule has 1 aliphatic carbocycles. The zero-order chi connectivity index (χ0) is 16.1. The van der Waals surface area contributed by atoms with Crippen LogP contribution < -0.4 is 4.74 Å². The van der Waals surface area contributed by atoms with E-state index in [1.807, 2.05) is 4.90 Å². The van der Waals surface area contributed by atoms with Gasteiger partial charge < -0.3 is 9.64 Å². The minimum atomic E-state index is 0. The smallest absolute Gasteiger partial charge is 0.226 e. The summed E-state index contributed by atoms with van der Waals surface area (Å²) in [7, 11) is 0. The van der Waals surface area contributed by atoms with Crippen molar-refractivity contribution >= 4 is 18.3 Å². The number of halogens is 1. The normalized spacial score (nSPS) is 17.7. The van der Waals surface area contributed by atoms with E-state index in [4.69, 9.17) is 10.00 Å². The summed E-state index contributed by atoms with van der Waals surface area (Å²) in [5.41, 5.74) is 0.609. The third kappa shape index (κ3) is 5.40. The Morgan fingerprint density at radius 1 is 1.17 bits per heavy atom. The number of benzene rings is 1. The van der Waals surface area contributed by atoms with Crippen LogP contribution in [0.25, 0.3) is 0 Å². The number of hydrogen-bond acceptors (Lipinski definition) is 4. The first kappa shape index (κ1) is 18.6. The Balaban J connectivity index is 0.00000208. The first-order valence-electron chi connectivity index (χ1n) is 8.37. The molecular weight excluding hydrogens is 326 g/mol. The van der Waals surface area contributed by atoms with E-state index >= 15 is 0 Å². The molecule has 0 atom stereocenters. The van der Waals surface area contributed by atoms with Gasteiger partial charge in [0.05, 0.1) is 24.7 Å². The zero-order valence-electron chi connectivity index (χ0n) is 13.8. The van der Waals surface area contributed by atoms with Crippen LogP contribution in [0.15, 0.2) is 24.3 Å². The van der Waals surface area contributed by atoms with Gasteiger partial charge in [0.25, 0.3) is 0 Å². The Morgan fingerprint density at radius 3 is 2.42 bits per heavy atom. The lowest BCUT2D eigenvalue weighted by Crippen LogP contribution is -2.49. The van der Waals surface area contributed by atoms with Crippen molar-refractivity contribution in [3.63, 3.8) is 0 Å². The summed E-state index contributed by atoms with van der Waals surface area (Å²) in [6.07, 6.45) is 3.17. The molecule has 3 rings (SSSR count). The predicted molar refractivity (Wildman–Crippen MR) is 94.3 cm³/mol.